The van der Waals surface area contributed by atoms with Crippen molar-refractivity contribution in [2.45, 2.75) is 6.92 Å². The average Bonchev–Trinajstić information content (AvgIpc) is 3.07. The Balaban J connectivity index is 1.84. The van der Waals surface area contributed by atoms with Crippen molar-refractivity contribution in [3.05, 3.63) is 90.6 Å². The smallest absolute Gasteiger partial charge is 0.0719 e. The zero-order valence-electron chi connectivity index (χ0n) is 14.4. The van der Waals surface area contributed by atoms with Gasteiger partial charge in [-0.25, -0.2) is 0 Å². The van der Waals surface area contributed by atoms with E-state index in [0.29, 0.717) is 0 Å². The Hall–Kier alpha value is -2.97. The Morgan fingerprint density at radius 2 is 1.38 bits per heavy atom. The monoisotopic (exact) mass is 351 g/mol. The van der Waals surface area contributed by atoms with Crippen LogP contribution in [0.1, 0.15) is 5.56 Å². The maximum atomic E-state index is 4.62. The summed E-state index contributed by atoms with van der Waals surface area (Å²) >= 11 is 1.87. The van der Waals surface area contributed by atoms with Gasteiger partial charge in [-0.05, 0) is 35.7 Å². The predicted octanol–water partition coefficient (Wildman–Crippen LogP) is 7.09. The molecule has 0 saturated carbocycles. The van der Waals surface area contributed by atoms with E-state index in [2.05, 4.69) is 84.7 Å². The van der Waals surface area contributed by atoms with E-state index >= 15 is 0 Å². The van der Waals surface area contributed by atoms with Gasteiger partial charge in [-0.3, -0.25) is 4.98 Å². The summed E-state index contributed by atoms with van der Waals surface area (Å²) in [4.78, 5) is 4.62. The van der Waals surface area contributed by atoms with Crippen LogP contribution in [-0.4, -0.2) is 4.98 Å². The summed E-state index contributed by atoms with van der Waals surface area (Å²) < 4.78 is 2.65. The minimum atomic E-state index is 1.04. The van der Waals surface area contributed by atoms with E-state index in [1.165, 1.54) is 42.4 Å². The number of aryl methyl sites for hydroxylation is 1. The van der Waals surface area contributed by atoms with Gasteiger partial charge in [-0.2, -0.15) is 0 Å². The van der Waals surface area contributed by atoms with Crippen LogP contribution in [0.3, 0.4) is 0 Å². The van der Waals surface area contributed by atoms with Crippen LogP contribution in [0.15, 0.2) is 85.1 Å². The van der Waals surface area contributed by atoms with Gasteiger partial charge in [0.15, 0.2) is 0 Å². The first-order valence-corrected chi connectivity index (χ1v) is 9.55. The molecule has 0 radical (unpaired) electrons. The van der Waals surface area contributed by atoms with E-state index in [1.54, 1.807) is 0 Å². The van der Waals surface area contributed by atoms with E-state index < -0.39 is 0 Å². The van der Waals surface area contributed by atoms with Crippen molar-refractivity contribution in [3.8, 4) is 22.4 Å². The standard InChI is InChI=1S/C24H17NS/c1-16-13-14-25-22(15-16)21-12-6-11-20-19-10-5-9-18(23(19)26-24(20)21)17-7-3-2-4-8-17/h2-15H,1H3. The number of thiophene rings is 1. The first-order chi connectivity index (χ1) is 12.8. The summed E-state index contributed by atoms with van der Waals surface area (Å²) in [5.74, 6) is 0. The Bertz CT molecular complexity index is 1240. The zero-order chi connectivity index (χ0) is 17.5. The van der Waals surface area contributed by atoms with Crippen LogP contribution >= 0.6 is 11.3 Å². The van der Waals surface area contributed by atoms with Crippen molar-refractivity contribution in [1.29, 1.82) is 0 Å². The third-order valence-electron chi connectivity index (χ3n) is 4.80. The fourth-order valence-electron chi connectivity index (χ4n) is 3.55. The summed E-state index contributed by atoms with van der Waals surface area (Å²) in [6.45, 7) is 2.11. The molecule has 1 nitrogen and oxygen atoms in total. The molecule has 0 aliphatic rings. The Morgan fingerprint density at radius 1 is 0.692 bits per heavy atom. The maximum Gasteiger partial charge on any atom is 0.0719 e. The van der Waals surface area contributed by atoms with E-state index in [9.17, 15) is 0 Å². The summed E-state index contributed by atoms with van der Waals surface area (Å²) in [6.07, 6.45) is 1.90. The Kier molecular flexibility index (Phi) is 3.58. The van der Waals surface area contributed by atoms with E-state index in [-0.39, 0.29) is 0 Å². The van der Waals surface area contributed by atoms with Gasteiger partial charge < -0.3 is 0 Å². The van der Waals surface area contributed by atoms with Crippen molar-refractivity contribution >= 4 is 31.5 Å². The molecule has 0 amide bonds. The summed E-state index contributed by atoms with van der Waals surface area (Å²) in [5.41, 5.74) is 6.06. The minimum Gasteiger partial charge on any atom is -0.256 e. The highest BCUT2D eigenvalue weighted by molar-refractivity contribution is 7.26. The highest BCUT2D eigenvalue weighted by Crippen LogP contribution is 2.43. The molecule has 0 saturated heterocycles. The molecule has 26 heavy (non-hydrogen) atoms. The van der Waals surface area contributed by atoms with Crippen LogP contribution in [0.25, 0.3) is 42.6 Å². The van der Waals surface area contributed by atoms with Crippen LogP contribution in [0, 0.1) is 6.92 Å². The second-order valence-corrected chi connectivity index (χ2v) is 7.57. The van der Waals surface area contributed by atoms with Crippen molar-refractivity contribution < 1.29 is 0 Å². The van der Waals surface area contributed by atoms with Crippen LogP contribution in [0.2, 0.25) is 0 Å². The Morgan fingerprint density at radius 3 is 2.12 bits per heavy atom. The quantitative estimate of drug-likeness (QED) is 0.331. The SMILES string of the molecule is Cc1ccnc(-c2cccc3c2sc2c(-c4ccccc4)cccc23)c1. The molecule has 0 unspecified atom stereocenters. The molecule has 2 heterocycles. The highest BCUT2D eigenvalue weighted by atomic mass is 32.1. The highest BCUT2D eigenvalue weighted by Gasteiger charge is 2.14. The number of pyridine rings is 1. The lowest BCUT2D eigenvalue weighted by Crippen LogP contribution is -1.84. The maximum absolute atomic E-state index is 4.62. The molecule has 0 atom stereocenters. The fraction of sp³-hybridized carbons (Fsp3) is 0.0417. The molecule has 0 bridgehead atoms. The third kappa shape index (κ3) is 2.42. The average molecular weight is 351 g/mol. The first kappa shape index (κ1) is 15.3. The van der Waals surface area contributed by atoms with E-state index in [0.717, 1.165) is 5.69 Å². The Labute approximate surface area is 156 Å². The molecule has 0 spiro atoms. The van der Waals surface area contributed by atoms with Gasteiger partial charge in [0, 0.05) is 31.9 Å². The molecular weight excluding hydrogens is 334 g/mol. The molecule has 3 aromatic carbocycles. The normalized spacial score (nSPS) is 11.3. The largest absolute Gasteiger partial charge is 0.256 e. The molecule has 0 aliphatic carbocycles. The van der Waals surface area contributed by atoms with Gasteiger partial charge in [-0.15, -0.1) is 11.3 Å². The van der Waals surface area contributed by atoms with Crippen molar-refractivity contribution in [1.82, 2.24) is 4.98 Å². The molecular formula is C24H17NS. The molecule has 2 aromatic heterocycles. The van der Waals surface area contributed by atoms with Gasteiger partial charge in [-0.1, -0.05) is 66.7 Å². The van der Waals surface area contributed by atoms with Crippen LogP contribution in [0.5, 0.6) is 0 Å². The topological polar surface area (TPSA) is 12.9 Å². The number of hydrogen-bond donors (Lipinski definition) is 0. The van der Waals surface area contributed by atoms with Crippen LogP contribution < -0.4 is 0 Å². The van der Waals surface area contributed by atoms with Crippen molar-refractivity contribution in [3.63, 3.8) is 0 Å². The second-order valence-electron chi connectivity index (χ2n) is 6.55. The number of nitrogens with zero attached hydrogens (tertiary/aromatic N) is 1. The van der Waals surface area contributed by atoms with Gasteiger partial charge >= 0.3 is 0 Å². The molecule has 124 valence electrons. The summed E-state index contributed by atoms with van der Waals surface area (Å²) in [7, 11) is 0. The van der Waals surface area contributed by atoms with Crippen LogP contribution in [-0.2, 0) is 0 Å². The van der Waals surface area contributed by atoms with Crippen molar-refractivity contribution in [2.75, 3.05) is 0 Å². The van der Waals surface area contributed by atoms with Gasteiger partial charge in [0.05, 0.1) is 5.69 Å². The molecule has 5 rings (SSSR count). The van der Waals surface area contributed by atoms with E-state index in [1.807, 2.05) is 23.6 Å². The minimum absolute atomic E-state index is 1.04. The fourth-order valence-corrected chi connectivity index (χ4v) is 4.91. The third-order valence-corrected chi connectivity index (χ3v) is 6.09. The van der Waals surface area contributed by atoms with Gasteiger partial charge in [0.2, 0.25) is 0 Å². The zero-order valence-corrected chi connectivity index (χ0v) is 15.3. The van der Waals surface area contributed by atoms with Gasteiger partial charge in [0.25, 0.3) is 0 Å². The van der Waals surface area contributed by atoms with E-state index in [4.69, 9.17) is 0 Å². The number of rotatable bonds is 2. The number of aromatic nitrogens is 1. The lowest BCUT2D eigenvalue weighted by molar-refractivity contribution is 1.29. The lowest BCUT2D eigenvalue weighted by Gasteiger charge is -2.03. The van der Waals surface area contributed by atoms with Gasteiger partial charge in [0.1, 0.15) is 0 Å². The molecule has 2 heteroatoms. The number of hydrogen-bond acceptors (Lipinski definition) is 2. The number of fused-ring (bicyclic) bond motifs is 3. The van der Waals surface area contributed by atoms with Crippen LogP contribution in [0.4, 0.5) is 0 Å². The molecule has 0 N–H and O–H groups in total. The second kappa shape index (κ2) is 6.08. The van der Waals surface area contributed by atoms with Crippen molar-refractivity contribution in [2.24, 2.45) is 0 Å². The summed E-state index contributed by atoms with van der Waals surface area (Å²) in [6, 6.07) is 28.0. The predicted molar refractivity (Wildman–Crippen MR) is 113 cm³/mol. The molecule has 0 aliphatic heterocycles. The first-order valence-electron chi connectivity index (χ1n) is 8.74. The number of benzene rings is 3. The summed E-state index contributed by atoms with van der Waals surface area (Å²) in [5, 5.41) is 2.63. The molecule has 0 fully saturated rings. The molecule has 5 aromatic rings. The lowest BCUT2D eigenvalue weighted by atomic mass is 10.0.